The number of rotatable bonds is 8. The Kier molecular flexibility index (Phi) is 6.88. The van der Waals surface area contributed by atoms with Gasteiger partial charge in [-0.3, -0.25) is 9.69 Å². The van der Waals surface area contributed by atoms with Crippen molar-refractivity contribution in [2.75, 3.05) is 13.1 Å². The molecule has 4 nitrogen and oxygen atoms in total. The largest absolute Gasteiger partial charge is 0.481 e. The summed E-state index contributed by atoms with van der Waals surface area (Å²) in [6.45, 7) is 7.95. The molecule has 0 aromatic heterocycles. The minimum Gasteiger partial charge on any atom is -0.481 e. The number of amides is 1. The van der Waals surface area contributed by atoms with Crippen LogP contribution in [0.1, 0.15) is 42.9 Å². The van der Waals surface area contributed by atoms with E-state index in [1.54, 1.807) is 0 Å². The number of carbonyl (C=O) groups excluding carboxylic acids is 1. The van der Waals surface area contributed by atoms with Gasteiger partial charge in [-0.1, -0.05) is 48.9 Å². The topological polar surface area (TPSA) is 41.6 Å². The Balaban J connectivity index is 1.48. The molecule has 4 heteroatoms. The van der Waals surface area contributed by atoms with E-state index in [9.17, 15) is 4.79 Å². The third kappa shape index (κ3) is 5.83. The first kappa shape index (κ1) is 19.4. The van der Waals surface area contributed by atoms with E-state index >= 15 is 0 Å². The minimum absolute atomic E-state index is 0.0702. The van der Waals surface area contributed by atoms with E-state index in [1.165, 1.54) is 37.1 Å². The quantitative estimate of drug-likeness (QED) is 0.766. The summed E-state index contributed by atoms with van der Waals surface area (Å²) in [5, 5.41) is 3.00. The fourth-order valence-corrected chi connectivity index (χ4v) is 3.37. The van der Waals surface area contributed by atoms with E-state index < -0.39 is 6.10 Å². The molecule has 0 bridgehead atoms. The molecule has 1 heterocycles. The van der Waals surface area contributed by atoms with Crippen LogP contribution in [0.25, 0.3) is 0 Å². The highest BCUT2D eigenvalue weighted by molar-refractivity contribution is 5.81. The molecule has 1 atom stereocenters. The van der Waals surface area contributed by atoms with Gasteiger partial charge in [0.2, 0.25) is 0 Å². The Morgan fingerprint density at radius 3 is 2.30 bits per heavy atom. The molecule has 27 heavy (non-hydrogen) atoms. The van der Waals surface area contributed by atoms with Crippen LogP contribution in [0.5, 0.6) is 5.75 Å². The lowest BCUT2D eigenvalue weighted by Crippen LogP contribution is -2.37. The predicted octanol–water partition coefficient (Wildman–Crippen LogP) is 4.06. The molecule has 0 aliphatic carbocycles. The molecule has 0 radical (unpaired) electrons. The molecule has 2 aromatic rings. The number of ether oxygens (including phenoxy) is 1. The number of nitrogens with zero attached hydrogens (tertiary/aromatic N) is 1. The summed E-state index contributed by atoms with van der Waals surface area (Å²) in [5.74, 6) is 0.660. The van der Waals surface area contributed by atoms with E-state index in [2.05, 4.69) is 34.5 Å². The first-order chi connectivity index (χ1) is 13.1. The number of carbonyl (C=O) groups is 1. The third-order valence-corrected chi connectivity index (χ3v) is 5.06. The van der Waals surface area contributed by atoms with Crippen molar-refractivity contribution in [1.82, 2.24) is 10.2 Å². The molecule has 0 spiro atoms. The highest BCUT2D eigenvalue weighted by Gasteiger charge is 2.18. The maximum absolute atomic E-state index is 12.5. The summed E-state index contributed by atoms with van der Waals surface area (Å²) in [6, 6.07) is 16.3. The molecule has 0 saturated carbocycles. The van der Waals surface area contributed by atoms with Crippen molar-refractivity contribution in [3.63, 3.8) is 0 Å². The molecule has 1 amide bonds. The maximum atomic E-state index is 12.5. The van der Waals surface area contributed by atoms with Gasteiger partial charge in [-0.05, 0) is 62.5 Å². The average molecular weight is 367 g/mol. The molecule has 144 valence electrons. The van der Waals surface area contributed by atoms with Gasteiger partial charge in [-0.15, -0.1) is 0 Å². The van der Waals surface area contributed by atoms with Gasteiger partial charge in [0.1, 0.15) is 5.75 Å². The Morgan fingerprint density at radius 1 is 1.04 bits per heavy atom. The molecular weight excluding hydrogens is 336 g/mol. The Morgan fingerprint density at radius 2 is 1.67 bits per heavy atom. The van der Waals surface area contributed by atoms with E-state index in [0.717, 1.165) is 17.9 Å². The SMILES string of the molecule is CCC(Oc1ccc(C)cc1)C(=O)NCc1ccc(CN2CCCC2)cc1. The highest BCUT2D eigenvalue weighted by atomic mass is 16.5. The van der Waals surface area contributed by atoms with Gasteiger partial charge in [0, 0.05) is 13.1 Å². The zero-order chi connectivity index (χ0) is 19.1. The number of likely N-dealkylation sites (tertiary alicyclic amines) is 1. The smallest absolute Gasteiger partial charge is 0.261 e. The second-order valence-electron chi connectivity index (χ2n) is 7.35. The van der Waals surface area contributed by atoms with Crippen molar-refractivity contribution in [1.29, 1.82) is 0 Å². The van der Waals surface area contributed by atoms with Crippen LogP contribution in [0.4, 0.5) is 0 Å². The molecule has 1 N–H and O–H groups in total. The highest BCUT2D eigenvalue weighted by Crippen LogP contribution is 2.15. The van der Waals surface area contributed by atoms with Gasteiger partial charge in [-0.25, -0.2) is 0 Å². The lowest BCUT2D eigenvalue weighted by atomic mass is 10.1. The van der Waals surface area contributed by atoms with Crippen LogP contribution in [-0.4, -0.2) is 30.0 Å². The molecule has 1 saturated heterocycles. The van der Waals surface area contributed by atoms with Crippen molar-refractivity contribution < 1.29 is 9.53 Å². The Hall–Kier alpha value is -2.33. The molecule has 1 unspecified atom stereocenters. The van der Waals surface area contributed by atoms with Gasteiger partial charge in [0.15, 0.2) is 6.10 Å². The standard InChI is InChI=1S/C23H30N2O2/c1-3-22(27-21-12-6-18(2)7-13-21)23(26)24-16-19-8-10-20(11-9-19)17-25-14-4-5-15-25/h6-13,22H,3-5,14-17H2,1-2H3,(H,24,26). The third-order valence-electron chi connectivity index (χ3n) is 5.06. The fraction of sp³-hybridized carbons (Fsp3) is 0.435. The van der Waals surface area contributed by atoms with Crippen molar-refractivity contribution in [3.05, 3.63) is 65.2 Å². The summed E-state index contributed by atoms with van der Waals surface area (Å²) in [6.07, 6.45) is 2.79. The maximum Gasteiger partial charge on any atom is 0.261 e. The van der Waals surface area contributed by atoms with Crippen molar-refractivity contribution >= 4 is 5.91 Å². The fourth-order valence-electron chi connectivity index (χ4n) is 3.37. The van der Waals surface area contributed by atoms with Crippen molar-refractivity contribution in [3.8, 4) is 5.75 Å². The summed E-state index contributed by atoms with van der Waals surface area (Å²) >= 11 is 0. The lowest BCUT2D eigenvalue weighted by Gasteiger charge is -2.18. The van der Waals surface area contributed by atoms with Crippen molar-refractivity contribution in [2.24, 2.45) is 0 Å². The van der Waals surface area contributed by atoms with Crippen LogP contribution in [0, 0.1) is 6.92 Å². The van der Waals surface area contributed by atoms with Gasteiger partial charge in [0.05, 0.1) is 0 Å². The first-order valence-corrected chi connectivity index (χ1v) is 9.95. The zero-order valence-electron chi connectivity index (χ0n) is 16.4. The van der Waals surface area contributed by atoms with E-state index in [-0.39, 0.29) is 5.91 Å². The molecule has 1 aliphatic rings. The zero-order valence-corrected chi connectivity index (χ0v) is 16.4. The Bertz CT molecular complexity index is 719. The summed E-state index contributed by atoms with van der Waals surface area (Å²) < 4.78 is 5.84. The van der Waals surface area contributed by atoms with Gasteiger partial charge < -0.3 is 10.1 Å². The molecule has 3 rings (SSSR count). The molecule has 1 fully saturated rings. The molecular formula is C23H30N2O2. The summed E-state index contributed by atoms with van der Waals surface area (Å²) in [4.78, 5) is 15.0. The number of aryl methyl sites for hydroxylation is 1. The molecule has 2 aromatic carbocycles. The van der Waals surface area contributed by atoms with Gasteiger partial charge >= 0.3 is 0 Å². The minimum atomic E-state index is -0.470. The second-order valence-corrected chi connectivity index (χ2v) is 7.35. The van der Waals surface area contributed by atoms with E-state index in [1.807, 2.05) is 38.1 Å². The number of hydrogen-bond donors (Lipinski definition) is 1. The number of benzene rings is 2. The van der Waals surface area contributed by atoms with Gasteiger partial charge in [-0.2, -0.15) is 0 Å². The van der Waals surface area contributed by atoms with Crippen LogP contribution in [0.2, 0.25) is 0 Å². The van der Waals surface area contributed by atoms with Crippen molar-refractivity contribution in [2.45, 2.75) is 52.3 Å². The molecule has 1 aliphatic heterocycles. The van der Waals surface area contributed by atoms with E-state index in [4.69, 9.17) is 4.74 Å². The van der Waals surface area contributed by atoms with Crippen LogP contribution in [0.15, 0.2) is 48.5 Å². The lowest BCUT2D eigenvalue weighted by molar-refractivity contribution is -0.128. The summed E-state index contributed by atoms with van der Waals surface area (Å²) in [7, 11) is 0. The first-order valence-electron chi connectivity index (χ1n) is 9.95. The van der Waals surface area contributed by atoms with Crippen LogP contribution >= 0.6 is 0 Å². The van der Waals surface area contributed by atoms with Crippen LogP contribution in [0.3, 0.4) is 0 Å². The second kappa shape index (κ2) is 9.56. The Labute approximate surface area is 162 Å². The normalized spacial score (nSPS) is 15.5. The number of nitrogens with one attached hydrogen (secondary N) is 1. The van der Waals surface area contributed by atoms with E-state index in [0.29, 0.717) is 13.0 Å². The monoisotopic (exact) mass is 366 g/mol. The van der Waals surface area contributed by atoms with Crippen LogP contribution in [-0.2, 0) is 17.9 Å². The summed E-state index contributed by atoms with van der Waals surface area (Å²) in [5.41, 5.74) is 3.62. The number of hydrogen-bond acceptors (Lipinski definition) is 3. The predicted molar refractivity (Wildman–Crippen MR) is 109 cm³/mol. The van der Waals surface area contributed by atoms with Gasteiger partial charge in [0.25, 0.3) is 5.91 Å². The average Bonchev–Trinajstić information content (AvgIpc) is 3.20. The van der Waals surface area contributed by atoms with Crippen LogP contribution < -0.4 is 10.1 Å².